The highest BCUT2D eigenvalue weighted by atomic mass is 32.2. The first-order valence-electron chi connectivity index (χ1n) is 3.64. The zero-order valence-electron chi connectivity index (χ0n) is 7.39. The maximum Gasteiger partial charge on any atom is 0.235 e. The standard InChI is InChI=1S/C5H9N5O3S/c1-14(12,13)3-5(11)6-2-4-7-9-10-8-4/h2-3H2,1H3,(H,6,11)(H,7,8,9,10). The molecule has 1 amide bonds. The fourth-order valence-corrected chi connectivity index (χ4v) is 1.30. The molecule has 1 heterocycles. The molecule has 0 aromatic carbocycles. The summed E-state index contributed by atoms with van der Waals surface area (Å²) in [6, 6.07) is 0. The fourth-order valence-electron chi connectivity index (χ4n) is 0.724. The summed E-state index contributed by atoms with van der Waals surface area (Å²) in [6.07, 6.45) is 0.987. The van der Waals surface area contributed by atoms with Gasteiger partial charge in [0.2, 0.25) is 5.91 Å². The summed E-state index contributed by atoms with van der Waals surface area (Å²) in [5, 5.41) is 15.0. The molecule has 9 heteroatoms. The monoisotopic (exact) mass is 219 g/mol. The molecule has 0 aliphatic rings. The normalized spacial score (nSPS) is 11.2. The van der Waals surface area contributed by atoms with Crippen molar-refractivity contribution in [3.63, 3.8) is 0 Å². The van der Waals surface area contributed by atoms with Crippen LogP contribution in [-0.4, -0.2) is 47.0 Å². The summed E-state index contributed by atoms with van der Waals surface area (Å²) < 4.78 is 21.4. The third-order valence-electron chi connectivity index (χ3n) is 1.23. The molecule has 0 aliphatic heterocycles. The second-order valence-corrected chi connectivity index (χ2v) is 4.82. The summed E-state index contributed by atoms with van der Waals surface area (Å²) in [6.45, 7) is 0.0604. The number of tetrazole rings is 1. The molecular formula is C5H9N5O3S. The Bertz CT molecular complexity index is 397. The van der Waals surface area contributed by atoms with Gasteiger partial charge in [0, 0.05) is 6.26 Å². The lowest BCUT2D eigenvalue weighted by molar-refractivity contribution is -0.118. The molecular weight excluding hydrogens is 210 g/mol. The Morgan fingerprint density at radius 1 is 1.57 bits per heavy atom. The Morgan fingerprint density at radius 2 is 2.29 bits per heavy atom. The van der Waals surface area contributed by atoms with E-state index in [0.29, 0.717) is 5.82 Å². The van der Waals surface area contributed by atoms with Crippen LogP contribution in [0.2, 0.25) is 0 Å². The van der Waals surface area contributed by atoms with Crippen LogP contribution in [-0.2, 0) is 21.2 Å². The quantitative estimate of drug-likeness (QED) is 0.596. The minimum absolute atomic E-state index is 0.0604. The molecule has 0 saturated carbocycles. The van der Waals surface area contributed by atoms with Crippen LogP contribution in [0.1, 0.15) is 5.82 Å². The van der Waals surface area contributed by atoms with Gasteiger partial charge in [0.1, 0.15) is 5.75 Å². The lowest BCUT2D eigenvalue weighted by Crippen LogP contribution is -2.29. The molecule has 0 fully saturated rings. The summed E-state index contributed by atoms with van der Waals surface area (Å²) in [7, 11) is -3.29. The van der Waals surface area contributed by atoms with E-state index in [1.165, 1.54) is 0 Å². The zero-order chi connectivity index (χ0) is 10.6. The number of nitrogens with zero attached hydrogens (tertiary/aromatic N) is 3. The van der Waals surface area contributed by atoms with Gasteiger partial charge in [0.25, 0.3) is 0 Å². The summed E-state index contributed by atoms with van der Waals surface area (Å²) in [4.78, 5) is 11.0. The van der Waals surface area contributed by atoms with Crippen molar-refractivity contribution in [3.8, 4) is 0 Å². The van der Waals surface area contributed by atoms with Crippen molar-refractivity contribution in [3.05, 3.63) is 5.82 Å². The minimum Gasteiger partial charge on any atom is -0.348 e. The number of H-pyrrole nitrogens is 1. The number of carbonyl (C=O) groups is 1. The lowest BCUT2D eigenvalue weighted by Gasteiger charge is -1.99. The lowest BCUT2D eigenvalue weighted by atomic mass is 10.6. The van der Waals surface area contributed by atoms with Crippen molar-refractivity contribution in [1.29, 1.82) is 0 Å². The Balaban J connectivity index is 2.36. The van der Waals surface area contributed by atoms with Crippen molar-refractivity contribution in [1.82, 2.24) is 25.9 Å². The number of hydrogen-bond donors (Lipinski definition) is 2. The van der Waals surface area contributed by atoms with E-state index in [1.54, 1.807) is 0 Å². The van der Waals surface area contributed by atoms with Gasteiger partial charge in [-0.2, -0.15) is 5.21 Å². The van der Waals surface area contributed by atoms with Crippen molar-refractivity contribution >= 4 is 15.7 Å². The number of carbonyl (C=O) groups excluding carboxylic acids is 1. The highest BCUT2D eigenvalue weighted by Crippen LogP contribution is 1.85. The minimum atomic E-state index is -3.29. The van der Waals surface area contributed by atoms with Gasteiger partial charge in [0.15, 0.2) is 15.7 Å². The van der Waals surface area contributed by atoms with Crippen LogP contribution in [0.25, 0.3) is 0 Å². The molecule has 0 radical (unpaired) electrons. The van der Waals surface area contributed by atoms with Crippen LogP contribution >= 0.6 is 0 Å². The molecule has 1 rings (SSSR count). The van der Waals surface area contributed by atoms with E-state index in [2.05, 4.69) is 25.9 Å². The second-order valence-electron chi connectivity index (χ2n) is 2.67. The summed E-state index contributed by atoms with van der Waals surface area (Å²) in [5.74, 6) is -0.825. The number of hydrogen-bond acceptors (Lipinski definition) is 6. The Kier molecular flexibility index (Phi) is 3.12. The molecule has 8 nitrogen and oxygen atoms in total. The molecule has 1 aromatic rings. The Morgan fingerprint density at radius 3 is 2.79 bits per heavy atom. The van der Waals surface area contributed by atoms with Gasteiger partial charge in [-0.25, -0.2) is 8.42 Å². The van der Waals surface area contributed by atoms with Crippen LogP contribution in [0.4, 0.5) is 0 Å². The Hall–Kier alpha value is -1.51. The molecule has 1 aromatic heterocycles. The molecule has 0 aliphatic carbocycles. The van der Waals surface area contributed by atoms with E-state index in [0.717, 1.165) is 6.26 Å². The smallest absolute Gasteiger partial charge is 0.235 e. The summed E-state index contributed by atoms with van der Waals surface area (Å²) >= 11 is 0. The number of amides is 1. The SMILES string of the molecule is CS(=O)(=O)CC(=O)NCc1nn[nH]n1. The van der Waals surface area contributed by atoms with Gasteiger partial charge in [-0.15, -0.1) is 10.2 Å². The molecule has 14 heavy (non-hydrogen) atoms. The van der Waals surface area contributed by atoms with E-state index in [-0.39, 0.29) is 6.54 Å². The average Bonchev–Trinajstić information content (AvgIpc) is 2.49. The van der Waals surface area contributed by atoms with Crippen LogP contribution in [0, 0.1) is 0 Å². The van der Waals surface area contributed by atoms with E-state index in [9.17, 15) is 13.2 Å². The molecule has 2 N–H and O–H groups in total. The van der Waals surface area contributed by atoms with E-state index >= 15 is 0 Å². The van der Waals surface area contributed by atoms with E-state index in [1.807, 2.05) is 0 Å². The van der Waals surface area contributed by atoms with Gasteiger partial charge in [0.05, 0.1) is 6.54 Å². The van der Waals surface area contributed by atoms with Crippen molar-refractivity contribution in [2.24, 2.45) is 0 Å². The first-order valence-corrected chi connectivity index (χ1v) is 5.70. The predicted octanol–water partition coefficient (Wildman–Crippen LogP) is -2.14. The topological polar surface area (TPSA) is 118 Å². The molecule has 0 spiro atoms. The third-order valence-corrected chi connectivity index (χ3v) is 2.01. The van der Waals surface area contributed by atoms with Crippen LogP contribution in [0.5, 0.6) is 0 Å². The number of sulfone groups is 1. The van der Waals surface area contributed by atoms with Gasteiger partial charge in [-0.05, 0) is 0 Å². The number of aromatic amines is 1. The molecule has 0 saturated heterocycles. The first kappa shape index (κ1) is 10.6. The Labute approximate surface area is 80.0 Å². The molecule has 0 unspecified atom stereocenters. The van der Waals surface area contributed by atoms with Crippen LogP contribution < -0.4 is 5.32 Å². The highest BCUT2D eigenvalue weighted by Gasteiger charge is 2.10. The van der Waals surface area contributed by atoms with Crippen LogP contribution in [0.3, 0.4) is 0 Å². The summed E-state index contributed by atoms with van der Waals surface area (Å²) in [5.41, 5.74) is 0. The largest absolute Gasteiger partial charge is 0.348 e. The highest BCUT2D eigenvalue weighted by molar-refractivity contribution is 7.91. The third kappa shape index (κ3) is 3.94. The van der Waals surface area contributed by atoms with E-state index in [4.69, 9.17) is 0 Å². The van der Waals surface area contributed by atoms with Crippen molar-refractivity contribution < 1.29 is 13.2 Å². The average molecular weight is 219 g/mol. The van der Waals surface area contributed by atoms with Crippen molar-refractivity contribution in [2.45, 2.75) is 6.54 Å². The van der Waals surface area contributed by atoms with Gasteiger partial charge >= 0.3 is 0 Å². The first-order chi connectivity index (χ1) is 6.47. The maximum atomic E-state index is 11.0. The zero-order valence-corrected chi connectivity index (χ0v) is 8.21. The van der Waals surface area contributed by atoms with Crippen LogP contribution in [0.15, 0.2) is 0 Å². The molecule has 78 valence electrons. The van der Waals surface area contributed by atoms with Gasteiger partial charge < -0.3 is 5.32 Å². The fraction of sp³-hybridized carbons (Fsp3) is 0.600. The number of aromatic nitrogens is 4. The van der Waals surface area contributed by atoms with Crippen molar-refractivity contribution in [2.75, 3.05) is 12.0 Å². The van der Waals surface area contributed by atoms with E-state index < -0.39 is 21.5 Å². The maximum absolute atomic E-state index is 11.0. The number of nitrogens with one attached hydrogen (secondary N) is 2. The molecule has 0 atom stereocenters. The van der Waals surface area contributed by atoms with Gasteiger partial charge in [-0.1, -0.05) is 5.21 Å². The van der Waals surface area contributed by atoms with Gasteiger partial charge in [-0.3, -0.25) is 4.79 Å². The predicted molar refractivity (Wildman–Crippen MR) is 45.7 cm³/mol. The molecule has 0 bridgehead atoms. The number of rotatable bonds is 4. The second kappa shape index (κ2) is 4.13.